The van der Waals surface area contributed by atoms with E-state index < -0.39 is 0 Å². The smallest absolute Gasteiger partial charge is 0.140 e. The number of likely N-dealkylation sites (tertiary alicyclic amines) is 1. The van der Waals surface area contributed by atoms with Crippen LogP contribution in [0.5, 0.6) is 5.75 Å². The lowest BCUT2D eigenvalue weighted by Gasteiger charge is -2.20. The van der Waals surface area contributed by atoms with E-state index >= 15 is 0 Å². The van der Waals surface area contributed by atoms with Gasteiger partial charge >= 0.3 is 0 Å². The molecule has 2 heterocycles. The Morgan fingerprint density at radius 3 is 3.12 bits per heavy atom. The molecule has 0 bridgehead atoms. The summed E-state index contributed by atoms with van der Waals surface area (Å²) in [6.45, 7) is 4.09. The topological polar surface area (TPSA) is 25.4 Å². The third-order valence-electron chi connectivity index (χ3n) is 3.29. The molecule has 0 unspecified atom stereocenters. The summed E-state index contributed by atoms with van der Waals surface area (Å²) in [5.74, 6) is 0.949. The van der Waals surface area contributed by atoms with Crippen LogP contribution in [0.1, 0.15) is 25.5 Å². The zero-order chi connectivity index (χ0) is 11.4. The van der Waals surface area contributed by atoms with E-state index in [0.29, 0.717) is 6.04 Å². The lowest BCUT2D eigenvalue weighted by atomic mass is 10.2. The Balaban J connectivity index is 1.93. The summed E-state index contributed by atoms with van der Waals surface area (Å²) in [6, 6.07) is 4.53. The lowest BCUT2D eigenvalue weighted by molar-refractivity contribution is 0.196. The average Bonchev–Trinajstić information content (AvgIpc) is 2.72. The molecule has 1 atom stereocenters. The average molecular weight is 220 g/mol. The molecule has 0 amide bonds. The van der Waals surface area contributed by atoms with Crippen molar-refractivity contribution in [2.45, 2.75) is 32.2 Å². The van der Waals surface area contributed by atoms with E-state index in [1.54, 1.807) is 0 Å². The number of rotatable bonds is 4. The predicted octanol–water partition coefficient (Wildman–Crippen LogP) is 2.12. The summed E-state index contributed by atoms with van der Waals surface area (Å²) >= 11 is 0. The van der Waals surface area contributed by atoms with Gasteiger partial charge in [0.1, 0.15) is 12.4 Å². The summed E-state index contributed by atoms with van der Waals surface area (Å²) in [6.07, 6.45) is 5.29. The Morgan fingerprint density at radius 1 is 1.56 bits per heavy atom. The number of aromatic nitrogens is 1. The Bertz CT molecular complexity index is 340. The normalized spacial score (nSPS) is 21.2. The highest BCUT2D eigenvalue weighted by molar-refractivity contribution is 5.26. The van der Waals surface area contributed by atoms with Crippen LogP contribution in [-0.4, -0.2) is 36.1 Å². The van der Waals surface area contributed by atoms with E-state index in [0.717, 1.165) is 24.5 Å². The SMILES string of the molecule is CCc1ncccc1OC[C@H]1CCCN1C. The molecule has 88 valence electrons. The van der Waals surface area contributed by atoms with E-state index in [1.807, 2.05) is 18.3 Å². The molecule has 1 aromatic rings. The molecule has 0 aliphatic carbocycles. The van der Waals surface area contributed by atoms with Crippen LogP contribution < -0.4 is 4.74 Å². The zero-order valence-electron chi connectivity index (χ0n) is 10.1. The quantitative estimate of drug-likeness (QED) is 0.777. The van der Waals surface area contributed by atoms with E-state index in [-0.39, 0.29) is 0 Å². The Labute approximate surface area is 97.4 Å². The molecule has 16 heavy (non-hydrogen) atoms. The van der Waals surface area contributed by atoms with Gasteiger partial charge in [0, 0.05) is 12.2 Å². The first-order chi connectivity index (χ1) is 7.81. The van der Waals surface area contributed by atoms with Crippen molar-refractivity contribution < 1.29 is 4.74 Å². The number of nitrogens with zero attached hydrogens (tertiary/aromatic N) is 2. The fraction of sp³-hybridized carbons (Fsp3) is 0.615. The minimum atomic E-state index is 0.574. The molecule has 0 aromatic carbocycles. The number of hydrogen-bond donors (Lipinski definition) is 0. The highest BCUT2D eigenvalue weighted by atomic mass is 16.5. The van der Waals surface area contributed by atoms with Gasteiger partial charge in [-0.3, -0.25) is 4.98 Å². The zero-order valence-corrected chi connectivity index (χ0v) is 10.1. The monoisotopic (exact) mass is 220 g/mol. The maximum absolute atomic E-state index is 5.88. The lowest BCUT2D eigenvalue weighted by Crippen LogP contribution is -2.30. The number of likely N-dealkylation sites (N-methyl/N-ethyl adjacent to an activating group) is 1. The second kappa shape index (κ2) is 5.30. The largest absolute Gasteiger partial charge is 0.490 e. The van der Waals surface area contributed by atoms with Crippen molar-refractivity contribution >= 4 is 0 Å². The fourth-order valence-electron chi connectivity index (χ4n) is 2.20. The second-order valence-corrected chi connectivity index (χ2v) is 4.39. The Kier molecular flexibility index (Phi) is 3.78. The standard InChI is InChI=1S/C13H20N2O/c1-3-12-13(7-4-8-14-12)16-10-11-6-5-9-15(11)2/h4,7-8,11H,3,5-6,9-10H2,1-2H3/t11-/m1/s1. The van der Waals surface area contributed by atoms with Crippen LogP contribution >= 0.6 is 0 Å². The van der Waals surface area contributed by atoms with Crippen molar-refractivity contribution in [1.29, 1.82) is 0 Å². The predicted molar refractivity (Wildman–Crippen MR) is 64.8 cm³/mol. The van der Waals surface area contributed by atoms with E-state index in [1.165, 1.54) is 19.4 Å². The van der Waals surface area contributed by atoms with E-state index in [4.69, 9.17) is 4.74 Å². The van der Waals surface area contributed by atoms with Gasteiger partial charge in [0.15, 0.2) is 0 Å². The van der Waals surface area contributed by atoms with Gasteiger partial charge in [0.05, 0.1) is 5.69 Å². The summed E-state index contributed by atoms with van der Waals surface area (Å²) in [5.41, 5.74) is 1.06. The highest BCUT2D eigenvalue weighted by Gasteiger charge is 2.21. The van der Waals surface area contributed by atoms with Crippen molar-refractivity contribution in [2.75, 3.05) is 20.2 Å². The maximum atomic E-state index is 5.88. The molecular weight excluding hydrogens is 200 g/mol. The van der Waals surface area contributed by atoms with Crippen LogP contribution in [0.25, 0.3) is 0 Å². The second-order valence-electron chi connectivity index (χ2n) is 4.39. The molecule has 1 aliphatic heterocycles. The molecule has 1 aromatic heterocycles. The summed E-state index contributed by atoms with van der Waals surface area (Å²) in [5, 5.41) is 0. The number of pyridine rings is 1. The first-order valence-electron chi connectivity index (χ1n) is 6.08. The van der Waals surface area contributed by atoms with E-state index in [9.17, 15) is 0 Å². The molecule has 1 aliphatic rings. The van der Waals surface area contributed by atoms with Gasteiger partial charge < -0.3 is 9.64 Å². The minimum absolute atomic E-state index is 0.574. The molecular formula is C13H20N2O. The van der Waals surface area contributed by atoms with Gasteiger partial charge in [-0.25, -0.2) is 0 Å². The fourth-order valence-corrected chi connectivity index (χ4v) is 2.20. The number of ether oxygens (including phenoxy) is 1. The third-order valence-corrected chi connectivity index (χ3v) is 3.29. The first kappa shape index (κ1) is 11.4. The van der Waals surface area contributed by atoms with Crippen molar-refractivity contribution in [2.24, 2.45) is 0 Å². The van der Waals surface area contributed by atoms with Gasteiger partial charge in [0.2, 0.25) is 0 Å². The molecule has 1 fully saturated rings. The van der Waals surface area contributed by atoms with Crippen LogP contribution in [0.15, 0.2) is 18.3 Å². The van der Waals surface area contributed by atoms with Gasteiger partial charge in [-0.05, 0) is 45.0 Å². The van der Waals surface area contributed by atoms with Gasteiger partial charge in [-0.1, -0.05) is 6.92 Å². The number of hydrogen-bond acceptors (Lipinski definition) is 3. The van der Waals surface area contributed by atoms with E-state index in [2.05, 4.69) is 23.9 Å². The Hall–Kier alpha value is -1.09. The van der Waals surface area contributed by atoms with Crippen LogP contribution in [-0.2, 0) is 6.42 Å². The molecule has 1 saturated heterocycles. The molecule has 0 saturated carbocycles. The summed E-state index contributed by atoms with van der Waals surface area (Å²) < 4.78 is 5.88. The van der Waals surface area contributed by atoms with Gasteiger partial charge in [-0.15, -0.1) is 0 Å². The maximum Gasteiger partial charge on any atom is 0.140 e. The first-order valence-corrected chi connectivity index (χ1v) is 6.08. The van der Waals surface area contributed by atoms with Crippen LogP contribution in [0.2, 0.25) is 0 Å². The van der Waals surface area contributed by atoms with Crippen molar-refractivity contribution in [1.82, 2.24) is 9.88 Å². The summed E-state index contributed by atoms with van der Waals surface area (Å²) in [4.78, 5) is 6.70. The molecule has 3 heteroatoms. The minimum Gasteiger partial charge on any atom is -0.490 e. The van der Waals surface area contributed by atoms with Crippen molar-refractivity contribution in [3.05, 3.63) is 24.0 Å². The molecule has 3 nitrogen and oxygen atoms in total. The molecule has 2 rings (SSSR count). The van der Waals surface area contributed by atoms with Gasteiger partial charge in [0.25, 0.3) is 0 Å². The van der Waals surface area contributed by atoms with Crippen LogP contribution in [0, 0.1) is 0 Å². The van der Waals surface area contributed by atoms with Crippen LogP contribution in [0.4, 0.5) is 0 Å². The Morgan fingerprint density at radius 2 is 2.44 bits per heavy atom. The summed E-state index contributed by atoms with van der Waals surface area (Å²) in [7, 11) is 2.17. The molecule has 0 radical (unpaired) electrons. The molecule has 0 spiro atoms. The highest BCUT2D eigenvalue weighted by Crippen LogP contribution is 2.19. The van der Waals surface area contributed by atoms with Crippen molar-refractivity contribution in [3.8, 4) is 5.75 Å². The van der Waals surface area contributed by atoms with Crippen LogP contribution in [0.3, 0.4) is 0 Å². The van der Waals surface area contributed by atoms with Crippen molar-refractivity contribution in [3.63, 3.8) is 0 Å². The molecule has 0 N–H and O–H groups in total. The third kappa shape index (κ3) is 2.53. The number of aryl methyl sites for hydroxylation is 1. The van der Waals surface area contributed by atoms with Gasteiger partial charge in [-0.2, -0.15) is 0 Å².